The SMILES string of the molecule is CCCc1c(OCCF)ccc2cc(C(=O)Nc3ccc(CN4CCCC4)cc3)c(=O)oc12. The van der Waals surface area contributed by atoms with Crippen molar-refractivity contribution in [3.63, 3.8) is 0 Å². The number of fused-ring (bicyclic) bond motifs is 1. The van der Waals surface area contributed by atoms with Gasteiger partial charge in [0.05, 0.1) is 0 Å². The summed E-state index contributed by atoms with van der Waals surface area (Å²) in [6.45, 7) is 4.47. The monoisotopic (exact) mass is 452 g/mol. The van der Waals surface area contributed by atoms with E-state index < -0.39 is 18.2 Å². The van der Waals surface area contributed by atoms with Crippen LogP contribution in [-0.4, -0.2) is 37.2 Å². The van der Waals surface area contributed by atoms with Crippen molar-refractivity contribution in [1.82, 2.24) is 4.90 Å². The fraction of sp³-hybridized carbons (Fsp3) is 0.385. The fourth-order valence-electron chi connectivity index (χ4n) is 4.24. The Hall–Kier alpha value is -3.19. The molecule has 3 aromatic rings. The van der Waals surface area contributed by atoms with E-state index in [2.05, 4.69) is 10.2 Å². The lowest BCUT2D eigenvalue weighted by atomic mass is 10.0. The van der Waals surface area contributed by atoms with E-state index in [0.717, 1.165) is 26.1 Å². The second kappa shape index (κ2) is 10.6. The zero-order valence-corrected chi connectivity index (χ0v) is 18.9. The second-order valence-corrected chi connectivity index (χ2v) is 8.33. The molecular weight excluding hydrogens is 423 g/mol. The van der Waals surface area contributed by atoms with Crippen molar-refractivity contribution < 1.29 is 18.3 Å². The minimum atomic E-state index is -0.717. The van der Waals surface area contributed by atoms with E-state index >= 15 is 0 Å². The van der Waals surface area contributed by atoms with Gasteiger partial charge >= 0.3 is 5.63 Å². The number of hydrogen-bond acceptors (Lipinski definition) is 5. The standard InChI is InChI=1S/C26H29FN2O4/c1-2-5-21-23(32-15-12-27)11-8-19-16-22(26(31)33-24(19)21)25(30)28-20-9-6-18(7-10-20)17-29-13-3-4-14-29/h6-11,16H,2-5,12-15,17H2,1H3,(H,28,30). The molecule has 1 amide bonds. The average molecular weight is 453 g/mol. The van der Waals surface area contributed by atoms with Crippen LogP contribution in [0.3, 0.4) is 0 Å². The van der Waals surface area contributed by atoms with E-state index in [1.54, 1.807) is 12.1 Å². The van der Waals surface area contributed by atoms with Crippen molar-refractivity contribution in [2.24, 2.45) is 0 Å². The van der Waals surface area contributed by atoms with Crippen LogP contribution in [0.25, 0.3) is 11.0 Å². The quantitative estimate of drug-likeness (QED) is 0.466. The number of ether oxygens (including phenoxy) is 1. The Morgan fingerprint density at radius 2 is 1.91 bits per heavy atom. The van der Waals surface area contributed by atoms with E-state index in [1.165, 1.54) is 24.5 Å². The van der Waals surface area contributed by atoms with Crippen molar-refractivity contribution in [2.45, 2.75) is 39.2 Å². The third kappa shape index (κ3) is 5.42. The molecular formula is C26H29FN2O4. The first-order valence-corrected chi connectivity index (χ1v) is 11.5. The van der Waals surface area contributed by atoms with E-state index in [4.69, 9.17) is 9.15 Å². The summed E-state index contributed by atoms with van der Waals surface area (Å²) in [6.07, 6.45) is 3.89. The van der Waals surface area contributed by atoms with Crippen molar-refractivity contribution in [1.29, 1.82) is 0 Å². The number of anilines is 1. The Morgan fingerprint density at radius 3 is 2.61 bits per heavy atom. The van der Waals surface area contributed by atoms with Crippen molar-refractivity contribution in [3.05, 3.63) is 69.6 Å². The molecule has 0 spiro atoms. The molecule has 4 rings (SSSR count). The van der Waals surface area contributed by atoms with E-state index in [9.17, 15) is 14.0 Å². The Morgan fingerprint density at radius 1 is 1.15 bits per heavy atom. The van der Waals surface area contributed by atoms with Crippen LogP contribution in [0.1, 0.15) is 47.7 Å². The number of rotatable bonds is 9. The van der Waals surface area contributed by atoms with Crippen LogP contribution in [0.2, 0.25) is 0 Å². The number of nitrogens with zero attached hydrogens (tertiary/aromatic N) is 1. The number of carbonyl (C=O) groups is 1. The summed E-state index contributed by atoms with van der Waals surface area (Å²) in [6, 6.07) is 12.7. The highest BCUT2D eigenvalue weighted by Crippen LogP contribution is 2.29. The largest absolute Gasteiger partial charge is 0.490 e. The lowest BCUT2D eigenvalue weighted by molar-refractivity contribution is 0.102. The Kier molecular flexibility index (Phi) is 7.40. The molecule has 6 nitrogen and oxygen atoms in total. The van der Waals surface area contributed by atoms with Gasteiger partial charge in [-0.1, -0.05) is 25.5 Å². The zero-order chi connectivity index (χ0) is 23.2. The average Bonchev–Trinajstić information content (AvgIpc) is 3.33. The van der Waals surface area contributed by atoms with Crippen LogP contribution in [-0.2, 0) is 13.0 Å². The van der Waals surface area contributed by atoms with Gasteiger partial charge in [-0.15, -0.1) is 0 Å². The van der Waals surface area contributed by atoms with Gasteiger partial charge in [0.1, 0.15) is 30.2 Å². The first-order valence-electron chi connectivity index (χ1n) is 11.5. The number of benzene rings is 2. The van der Waals surface area contributed by atoms with Crippen LogP contribution in [0.15, 0.2) is 51.7 Å². The predicted octanol–water partition coefficient (Wildman–Crippen LogP) is 4.94. The maximum Gasteiger partial charge on any atom is 0.349 e. The summed E-state index contributed by atoms with van der Waals surface area (Å²) in [4.78, 5) is 27.9. The molecule has 174 valence electrons. The summed E-state index contributed by atoms with van der Waals surface area (Å²) in [5.74, 6) is -0.0240. The van der Waals surface area contributed by atoms with Gasteiger partial charge in [0, 0.05) is 23.2 Å². The molecule has 0 aliphatic carbocycles. The number of hydrogen-bond donors (Lipinski definition) is 1. The molecule has 1 aromatic heterocycles. The predicted molar refractivity (Wildman–Crippen MR) is 127 cm³/mol. The van der Waals surface area contributed by atoms with Crippen LogP contribution < -0.4 is 15.7 Å². The molecule has 2 heterocycles. The van der Waals surface area contributed by atoms with Crippen LogP contribution in [0, 0.1) is 0 Å². The van der Waals surface area contributed by atoms with Crippen LogP contribution >= 0.6 is 0 Å². The lowest BCUT2D eigenvalue weighted by Crippen LogP contribution is -2.21. The Balaban J connectivity index is 1.54. The first kappa shape index (κ1) is 23.0. The van der Waals surface area contributed by atoms with Crippen molar-refractivity contribution >= 4 is 22.6 Å². The maximum absolute atomic E-state index is 12.8. The molecule has 0 unspecified atom stereocenters. The van der Waals surface area contributed by atoms with Gasteiger partial charge in [-0.3, -0.25) is 9.69 Å². The van der Waals surface area contributed by atoms with Gasteiger partial charge in [0.25, 0.3) is 5.91 Å². The van der Waals surface area contributed by atoms with E-state index in [-0.39, 0.29) is 12.2 Å². The highest BCUT2D eigenvalue weighted by Gasteiger charge is 2.18. The molecule has 33 heavy (non-hydrogen) atoms. The van der Waals surface area contributed by atoms with Gasteiger partial charge in [-0.2, -0.15) is 0 Å². The first-order chi connectivity index (χ1) is 16.1. The minimum Gasteiger partial charge on any atom is -0.490 e. The molecule has 1 N–H and O–H groups in total. The Bertz CT molecular complexity index is 1170. The van der Waals surface area contributed by atoms with E-state index in [1.807, 2.05) is 31.2 Å². The van der Waals surface area contributed by atoms with Gasteiger partial charge in [0.15, 0.2) is 0 Å². The number of amides is 1. The number of aryl methyl sites for hydroxylation is 1. The minimum absolute atomic E-state index is 0.0657. The Labute approximate surface area is 192 Å². The molecule has 0 atom stereocenters. The van der Waals surface area contributed by atoms with Gasteiger partial charge in [-0.05, 0) is 68.2 Å². The molecule has 1 fully saturated rings. The summed E-state index contributed by atoms with van der Waals surface area (Å²) in [5, 5.41) is 3.41. The van der Waals surface area contributed by atoms with Gasteiger partial charge in [0.2, 0.25) is 0 Å². The molecule has 7 heteroatoms. The highest BCUT2D eigenvalue weighted by atomic mass is 19.1. The summed E-state index contributed by atoms with van der Waals surface area (Å²) in [7, 11) is 0. The fourth-order valence-corrected chi connectivity index (χ4v) is 4.24. The summed E-state index contributed by atoms with van der Waals surface area (Å²) >= 11 is 0. The molecule has 0 radical (unpaired) electrons. The second-order valence-electron chi connectivity index (χ2n) is 8.33. The van der Waals surface area contributed by atoms with Gasteiger partial charge < -0.3 is 14.5 Å². The number of likely N-dealkylation sites (tertiary alicyclic amines) is 1. The normalized spacial score (nSPS) is 14.0. The number of nitrogens with one attached hydrogen (secondary N) is 1. The third-order valence-corrected chi connectivity index (χ3v) is 5.86. The molecule has 1 saturated heterocycles. The molecule has 0 saturated carbocycles. The summed E-state index contributed by atoms with van der Waals surface area (Å²) < 4.78 is 23.6. The topological polar surface area (TPSA) is 71.8 Å². The smallest absolute Gasteiger partial charge is 0.349 e. The summed E-state index contributed by atoms with van der Waals surface area (Å²) in [5.41, 5.74) is 2.11. The number of carbonyl (C=O) groups excluding carboxylic acids is 1. The molecule has 1 aliphatic heterocycles. The highest BCUT2D eigenvalue weighted by molar-refractivity contribution is 6.05. The third-order valence-electron chi connectivity index (χ3n) is 5.86. The molecule has 1 aliphatic rings. The van der Waals surface area contributed by atoms with Crippen LogP contribution in [0.4, 0.5) is 10.1 Å². The number of halogens is 1. The van der Waals surface area contributed by atoms with Gasteiger partial charge in [-0.25, -0.2) is 9.18 Å². The molecule has 2 aromatic carbocycles. The number of alkyl halides is 1. The maximum atomic E-state index is 12.8. The van der Waals surface area contributed by atoms with E-state index in [0.29, 0.717) is 34.4 Å². The van der Waals surface area contributed by atoms with Crippen LogP contribution in [0.5, 0.6) is 5.75 Å². The van der Waals surface area contributed by atoms with Crippen molar-refractivity contribution in [2.75, 3.05) is 31.7 Å². The zero-order valence-electron chi connectivity index (χ0n) is 18.9. The molecule has 0 bridgehead atoms. The lowest BCUT2D eigenvalue weighted by Gasteiger charge is -2.15. The van der Waals surface area contributed by atoms with Crippen molar-refractivity contribution in [3.8, 4) is 5.75 Å².